The summed E-state index contributed by atoms with van der Waals surface area (Å²) in [6, 6.07) is 0. The molecular weight excluding hydrogens is 238 g/mol. The van der Waals surface area contributed by atoms with Gasteiger partial charge in [0.25, 0.3) is 0 Å². The first kappa shape index (κ1) is 15.2. The maximum Gasteiger partial charge on any atom is 0.0611 e. The van der Waals surface area contributed by atoms with Gasteiger partial charge >= 0.3 is 0 Å². The summed E-state index contributed by atoms with van der Waals surface area (Å²) < 4.78 is 5.71. The Balaban J connectivity index is 1.93. The molecule has 0 saturated heterocycles. The van der Waals surface area contributed by atoms with E-state index in [4.69, 9.17) is 10.5 Å². The molecule has 2 aliphatic carbocycles. The van der Waals surface area contributed by atoms with Gasteiger partial charge in [-0.1, -0.05) is 0 Å². The second-order valence-corrected chi connectivity index (χ2v) is 6.74. The fourth-order valence-corrected chi connectivity index (χ4v) is 3.72. The Bertz CT molecular complexity index is 296. The van der Waals surface area contributed by atoms with Crippen LogP contribution in [0.25, 0.3) is 0 Å². The molecule has 4 nitrogen and oxygen atoms in total. The van der Waals surface area contributed by atoms with Crippen LogP contribution in [0.15, 0.2) is 0 Å². The molecule has 2 fully saturated rings. The average Bonchev–Trinajstić information content (AvgIpc) is 2.27. The van der Waals surface area contributed by atoms with E-state index in [1.165, 1.54) is 19.3 Å². The molecule has 2 N–H and O–H groups in total. The summed E-state index contributed by atoms with van der Waals surface area (Å²) in [5.74, 6) is 0. The lowest BCUT2D eigenvalue weighted by Crippen LogP contribution is -2.67. The van der Waals surface area contributed by atoms with Gasteiger partial charge in [-0.3, -0.25) is 4.90 Å². The summed E-state index contributed by atoms with van der Waals surface area (Å²) in [6.45, 7) is 4.77. The predicted octanol–water partition coefficient (Wildman–Crippen LogP) is 1.30. The van der Waals surface area contributed by atoms with Crippen molar-refractivity contribution in [2.24, 2.45) is 5.73 Å². The molecule has 0 aromatic rings. The molecule has 0 unspecified atom stereocenters. The molecule has 0 bridgehead atoms. The van der Waals surface area contributed by atoms with Crippen molar-refractivity contribution in [3.63, 3.8) is 0 Å². The second-order valence-electron chi connectivity index (χ2n) is 6.74. The fraction of sp³-hybridized carbons (Fsp3) is 1.00. The van der Waals surface area contributed by atoms with Crippen molar-refractivity contribution in [1.29, 1.82) is 0 Å². The maximum atomic E-state index is 6.07. The zero-order valence-electron chi connectivity index (χ0n) is 13.1. The Morgan fingerprint density at radius 3 is 2.16 bits per heavy atom. The predicted molar refractivity (Wildman–Crippen MR) is 79.3 cm³/mol. The molecule has 2 saturated carbocycles. The van der Waals surface area contributed by atoms with E-state index in [0.717, 1.165) is 32.5 Å². The van der Waals surface area contributed by atoms with Gasteiger partial charge in [0, 0.05) is 30.8 Å². The van der Waals surface area contributed by atoms with Gasteiger partial charge in [0.1, 0.15) is 0 Å². The first-order valence-corrected chi connectivity index (χ1v) is 7.68. The van der Waals surface area contributed by atoms with E-state index >= 15 is 0 Å². The number of nitrogens with two attached hydrogens (primary N) is 1. The molecule has 2 aliphatic rings. The summed E-state index contributed by atoms with van der Waals surface area (Å²) >= 11 is 0. The molecule has 0 radical (unpaired) electrons. The van der Waals surface area contributed by atoms with Crippen molar-refractivity contribution in [1.82, 2.24) is 9.80 Å². The highest BCUT2D eigenvalue weighted by Gasteiger charge is 2.50. The van der Waals surface area contributed by atoms with Gasteiger partial charge in [0.05, 0.1) is 6.10 Å². The average molecular weight is 269 g/mol. The second kappa shape index (κ2) is 5.68. The van der Waals surface area contributed by atoms with Gasteiger partial charge < -0.3 is 15.4 Å². The topological polar surface area (TPSA) is 41.7 Å². The molecule has 0 atom stereocenters. The minimum Gasteiger partial charge on any atom is -0.378 e. The molecule has 0 spiro atoms. The van der Waals surface area contributed by atoms with Gasteiger partial charge in [-0.15, -0.1) is 0 Å². The van der Waals surface area contributed by atoms with Crippen LogP contribution in [0.4, 0.5) is 0 Å². The van der Waals surface area contributed by atoms with E-state index in [0.29, 0.717) is 11.6 Å². The Morgan fingerprint density at radius 2 is 1.79 bits per heavy atom. The summed E-state index contributed by atoms with van der Waals surface area (Å²) in [4.78, 5) is 4.93. The smallest absolute Gasteiger partial charge is 0.0611 e. The van der Waals surface area contributed by atoms with Crippen LogP contribution >= 0.6 is 0 Å². The molecule has 2 rings (SSSR count). The molecular formula is C15H31N3O. The monoisotopic (exact) mass is 269 g/mol. The van der Waals surface area contributed by atoms with Crippen molar-refractivity contribution in [2.45, 2.75) is 56.2 Å². The zero-order valence-corrected chi connectivity index (χ0v) is 13.1. The fourth-order valence-electron chi connectivity index (χ4n) is 3.72. The SMILES string of the molecule is CCOC1CC(CN)(N(C)CC2(N(C)C)CCC2)C1. The van der Waals surface area contributed by atoms with Crippen LogP contribution in [-0.2, 0) is 4.74 Å². The normalized spacial score (nSPS) is 33.3. The molecule has 0 heterocycles. The van der Waals surface area contributed by atoms with Gasteiger partial charge in [0.2, 0.25) is 0 Å². The Kier molecular flexibility index (Phi) is 4.56. The van der Waals surface area contributed by atoms with Crippen LogP contribution < -0.4 is 5.73 Å². The molecule has 0 amide bonds. The van der Waals surface area contributed by atoms with E-state index in [1.807, 2.05) is 0 Å². The Labute approximate surface area is 118 Å². The standard InChI is InChI=1S/C15H31N3O/c1-5-19-13-9-15(10-13,11-16)18(4)12-14(17(2)3)7-6-8-14/h13H,5-12,16H2,1-4H3. The minimum absolute atomic E-state index is 0.179. The summed E-state index contributed by atoms with van der Waals surface area (Å²) in [6.07, 6.45) is 6.62. The van der Waals surface area contributed by atoms with E-state index in [-0.39, 0.29) is 5.54 Å². The number of nitrogens with zero attached hydrogens (tertiary/aromatic N) is 2. The lowest BCUT2D eigenvalue weighted by molar-refractivity contribution is -0.110. The highest BCUT2D eigenvalue weighted by molar-refractivity contribution is 5.07. The largest absolute Gasteiger partial charge is 0.378 e. The van der Waals surface area contributed by atoms with E-state index in [2.05, 4.69) is 37.9 Å². The van der Waals surface area contributed by atoms with Crippen molar-refractivity contribution in [3.05, 3.63) is 0 Å². The van der Waals surface area contributed by atoms with Gasteiger partial charge in [-0.05, 0) is 60.2 Å². The van der Waals surface area contributed by atoms with Crippen molar-refractivity contribution < 1.29 is 4.74 Å². The summed E-state index contributed by atoms with van der Waals surface area (Å²) in [5.41, 5.74) is 6.63. The number of rotatable bonds is 7. The molecule has 0 aromatic carbocycles. The van der Waals surface area contributed by atoms with Crippen LogP contribution in [-0.4, -0.2) is 67.8 Å². The Hall–Kier alpha value is -0.160. The lowest BCUT2D eigenvalue weighted by atomic mass is 9.70. The van der Waals surface area contributed by atoms with Gasteiger partial charge in [-0.2, -0.15) is 0 Å². The first-order chi connectivity index (χ1) is 8.98. The number of ether oxygens (including phenoxy) is 1. The third-order valence-electron chi connectivity index (χ3n) is 5.57. The summed E-state index contributed by atoms with van der Waals surface area (Å²) in [7, 11) is 6.68. The summed E-state index contributed by atoms with van der Waals surface area (Å²) in [5, 5.41) is 0. The zero-order chi connectivity index (χ0) is 14.1. The van der Waals surface area contributed by atoms with Crippen LogP contribution in [0, 0.1) is 0 Å². The third-order valence-corrected chi connectivity index (χ3v) is 5.57. The number of likely N-dealkylation sites (N-methyl/N-ethyl adjacent to an activating group) is 2. The van der Waals surface area contributed by atoms with Crippen molar-refractivity contribution in [2.75, 3.05) is 40.8 Å². The van der Waals surface area contributed by atoms with Crippen LogP contribution in [0.5, 0.6) is 0 Å². The highest BCUT2D eigenvalue weighted by atomic mass is 16.5. The molecule has 0 aromatic heterocycles. The van der Waals surface area contributed by atoms with Crippen LogP contribution in [0.2, 0.25) is 0 Å². The van der Waals surface area contributed by atoms with E-state index in [1.54, 1.807) is 0 Å². The highest BCUT2D eigenvalue weighted by Crippen LogP contribution is 2.43. The molecule has 4 heteroatoms. The lowest BCUT2D eigenvalue weighted by Gasteiger charge is -2.57. The van der Waals surface area contributed by atoms with E-state index in [9.17, 15) is 0 Å². The minimum atomic E-state index is 0.179. The van der Waals surface area contributed by atoms with Crippen molar-refractivity contribution >= 4 is 0 Å². The van der Waals surface area contributed by atoms with Gasteiger partial charge in [0.15, 0.2) is 0 Å². The number of hydrogen-bond donors (Lipinski definition) is 1. The van der Waals surface area contributed by atoms with Crippen LogP contribution in [0.1, 0.15) is 39.0 Å². The van der Waals surface area contributed by atoms with E-state index < -0.39 is 0 Å². The first-order valence-electron chi connectivity index (χ1n) is 7.68. The van der Waals surface area contributed by atoms with Crippen molar-refractivity contribution in [3.8, 4) is 0 Å². The molecule has 0 aliphatic heterocycles. The molecule has 112 valence electrons. The third kappa shape index (κ3) is 2.68. The molecule has 19 heavy (non-hydrogen) atoms. The number of hydrogen-bond acceptors (Lipinski definition) is 4. The maximum absolute atomic E-state index is 6.07. The van der Waals surface area contributed by atoms with Gasteiger partial charge in [-0.25, -0.2) is 0 Å². The van der Waals surface area contributed by atoms with Crippen LogP contribution in [0.3, 0.4) is 0 Å². The quantitative estimate of drug-likeness (QED) is 0.756. The Morgan fingerprint density at radius 1 is 1.16 bits per heavy atom.